The van der Waals surface area contributed by atoms with Crippen molar-refractivity contribution in [3.63, 3.8) is 0 Å². The average molecular weight is 343 g/mol. The monoisotopic (exact) mass is 343 g/mol. The molecular weight excluding hydrogens is 318 g/mol. The minimum absolute atomic E-state index is 0.00923. The summed E-state index contributed by atoms with van der Waals surface area (Å²) in [7, 11) is 0. The van der Waals surface area contributed by atoms with Gasteiger partial charge < -0.3 is 15.5 Å². The first-order valence-electron chi connectivity index (χ1n) is 8.92. The fraction of sp³-hybridized carbons (Fsp3) is 0.526. The van der Waals surface area contributed by atoms with E-state index in [2.05, 4.69) is 10.6 Å². The second-order valence-electron chi connectivity index (χ2n) is 7.25. The summed E-state index contributed by atoms with van der Waals surface area (Å²) >= 11 is 0. The molecule has 2 atom stereocenters. The summed E-state index contributed by atoms with van der Waals surface area (Å²) < 4.78 is 0. The molecule has 1 unspecified atom stereocenters. The van der Waals surface area contributed by atoms with E-state index in [1.54, 1.807) is 4.90 Å². The molecule has 6 nitrogen and oxygen atoms in total. The van der Waals surface area contributed by atoms with E-state index < -0.39 is 12.0 Å². The average Bonchev–Trinajstić information content (AvgIpc) is 3.31. The first kappa shape index (κ1) is 17.5. The van der Waals surface area contributed by atoms with Gasteiger partial charge in [0.15, 0.2) is 0 Å². The minimum atomic E-state index is -0.561. The number of anilines is 1. The molecule has 1 heterocycles. The smallest absolute Gasteiger partial charge is 0.243 e. The van der Waals surface area contributed by atoms with Gasteiger partial charge in [0.1, 0.15) is 6.04 Å². The van der Waals surface area contributed by atoms with Gasteiger partial charge in [0, 0.05) is 24.7 Å². The fourth-order valence-corrected chi connectivity index (χ4v) is 3.07. The number of carbonyl (C=O) groups excluding carboxylic acids is 3. The lowest BCUT2D eigenvalue weighted by molar-refractivity contribution is -0.132. The molecule has 0 spiro atoms. The Bertz CT molecular complexity index is 655. The molecule has 1 aromatic carbocycles. The predicted octanol–water partition coefficient (Wildman–Crippen LogP) is 1.46. The zero-order chi connectivity index (χ0) is 18.0. The number of para-hydroxylation sites is 1. The summed E-state index contributed by atoms with van der Waals surface area (Å²) in [6.45, 7) is 4.17. The summed E-state index contributed by atoms with van der Waals surface area (Å²) in [4.78, 5) is 38.9. The Balaban J connectivity index is 1.62. The maximum absolute atomic E-state index is 12.6. The van der Waals surface area contributed by atoms with Crippen molar-refractivity contribution in [3.05, 3.63) is 30.3 Å². The third-order valence-corrected chi connectivity index (χ3v) is 4.73. The van der Waals surface area contributed by atoms with Crippen molar-refractivity contribution >= 4 is 23.4 Å². The van der Waals surface area contributed by atoms with Crippen LogP contribution in [0.15, 0.2) is 30.3 Å². The van der Waals surface area contributed by atoms with Crippen LogP contribution in [0.25, 0.3) is 0 Å². The van der Waals surface area contributed by atoms with Gasteiger partial charge in [-0.3, -0.25) is 14.4 Å². The summed E-state index contributed by atoms with van der Waals surface area (Å²) in [6, 6.07) is 9.04. The molecule has 25 heavy (non-hydrogen) atoms. The highest BCUT2D eigenvalue weighted by atomic mass is 16.2. The van der Waals surface area contributed by atoms with Crippen molar-refractivity contribution in [1.29, 1.82) is 0 Å². The van der Waals surface area contributed by atoms with E-state index in [0.29, 0.717) is 6.54 Å². The van der Waals surface area contributed by atoms with E-state index >= 15 is 0 Å². The lowest BCUT2D eigenvalue weighted by Gasteiger charge is -2.23. The molecule has 0 radical (unpaired) electrons. The highest BCUT2D eigenvalue weighted by Crippen LogP contribution is 2.25. The lowest BCUT2D eigenvalue weighted by Crippen LogP contribution is -2.51. The van der Waals surface area contributed by atoms with Gasteiger partial charge in [0.25, 0.3) is 0 Å². The maximum atomic E-state index is 12.6. The van der Waals surface area contributed by atoms with Gasteiger partial charge in [-0.15, -0.1) is 0 Å². The van der Waals surface area contributed by atoms with Crippen molar-refractivity contribution in [3.8, 4) is 0 Å². The second-order valence-corrected chi connectivity index (χ2v) is 7.25. The maximum Gasteiger partial charge on any atom is 0.243 e. The number of carbonyl (C=O) groups is 3. The van der Waals surface area contributed by atoms with Crippen LogP contribution in [0, 0.1) is 11.8 Å². The third-order valence-electron chi connectivity index (χ3n) is 4.73. The van der Waals surface area contributed by atoms with Gasteiger partial charge in [0.05, 0.1) is 5.92 Å². The van der Waals surface area contributed by atoms with Gasteiger partial charge >= 0.3 is 0 Å². The Morgan fingerprint density at radius 3 is 2.44 bits per heavy atom. The predicted molar refractivity (Wildman–Crippen MR) is 94.8 cm³/mol. The number of hydrogen-bond acceptors (Lipinski definition) is 3. The van der Waals surface area contributed by atoms with Gasteiger partial charge in [-0.05, 0) is 30.9 Å². The van der Waals surface area contributed by atoms with E-state index in [-0.39, 0.29) is 36.1 Å². The number of benzene rings is 1. The molecule has 3 rings (SSSR count). The number of amides is 3. The van der Waals surface area contributed by atoms with Gasteiger partial charge in [-0.2, -0.15) is 0 Å². The number of nitrogens with zero attached hydrogens (tertiary/aromatic N) is 1. The lowest BCUT2D eigenvalue weighted by atomic mass is 10.0. The van der Waals surface area contributed by atoms with E-state index in [4.69, 9.17) is 0 Å². The minimum Gasteiger partial charge on any atom is -0.352 e. The number of rotatable bonds is 6. The van der Waals surface area contributed by atoms with Crippen LogP contribution in [0.1, 0.15) is 33.1 Å². The van der Waals surface area contributed by atoms with Gasteiger partial charge in [-0.1, -0.05) is 32.0 Å². The normalized spacial score (nSPS) is 21.3. The molecular formula is C19H25N3O3. The zero-order valence-electron chi connectivity index (χ0n) is 14.7. The molecule has 2 fully saturated rings. The Morgan fingerprint density at radius 2 is 1.84 bits per heavy atom. The van der Waals surface area contributed by atoms with Crippen molar-refractivity contribution in [2.75, 3.05) is 11.4 Å². The molecule has 0 aromatic heterocycles. The van der Waals surface area contributed by atoms with Crippen molar-refractivity contribution in [2.45, 2.75) is 45.2 Å². The van der Waals surface area contributed by atoms with Crippen molar-refractivity contribution in [1.82, 2.24) is 10.6 Å². The topological polar surface area (TPSA) is 78.5 Å². The van der Waals surface area contributed by atoms with Crippen molar-refractivity contribution < 1.29 is 14.4 Å². The van der Waals surface area contributed by atoms with Crippen LogP contribution in [0.3, 0.4) is 0 Å². The first-order valence-corrected chi connectivity index (χ1v) is 8.92. The highest BCUT2D eigenvalue weighted by molar-refractivity contribution is 6.01. The second kappa shape index (κ2) is 7.25. The fourth-order valence-electron chi connectivity index (χ4n) is 3.07. The molecule has 2 aliphatic rings. The first-order chi connectivity index (χ1) is 12.0. The molecule has 134 valence electrons. The van der Waals surface area contributed by atoms with Crippen LogP contribution in [0.2, 0.25) is 0 Å². The summed E-state index contributed by atoms with van der Waals surface area (Å²) in [5, 5.41) is 5.80. The van der Waals surface area contributed by atoms with Crippen LogP contribution < -0.4 is 15.5 Å². The summed E-state index contributed by atoms with van der Waals surface area (Å²) in [5.74, 6) is -0.853. The van der Waals surface area contributed by atoms with Crippen LogP contribution in [0.4, 0.5) is 5.69 Å². The van der Waals surface area contributed by atoms with E-state index in [1.807, 2.05) is 44.2 Å². The van der Waals surface area contributed by atoms with Gasteiger partial charge in [0.2, 0.25) is 17.7 Å². The number of nitrogens with one attached hydrogen (secondary N) is 2. The third kappa shape index (κ3) is 4.18. The molecule has 1 aliphatic heterocycles. The van der Waals surface area contributed by atoms with E-state index in [1.165, 1.54) is 0 Å². The molecule has 3 amide bonds. The Morgan fingerprint density at radius 1 is 1.16 bits per heavy atom. The molecule has 6 heteroatoms. The quantitative estimate of drug-likeness (QED) is 0.821. The Kier molecular flexibility index (Phi) is 5.06. The van der Waals surface area contributed by atoms with Crippen molar-refractivity contribution in [2.24, 2.45) is 11.8 Å². The molecule has 1 aromatic rings. The molecule has 1 saturated heterocycles. The standard InChI is InChI=1S/C19H25N3O3/c1-12(2)17(19(25)20-14-8-9-14)21-18(24)13-10-16(23)22(11-13)15-6-4-3-5-7-15/h3-7,12-14,17H,8-11H2,1-2H3,(H,20,25)(H,21,24)/t13?,17-/m1/s1. The zero-order valence-corrected chi connectivity index (χ0v) is 14.7. The molecule has 0 bridgehead atoms. The largest absolute Gasteiger partial charge is 0.352 e. The van der Waals surface area contributed by atoms with Gasteiger partial charge in [-0.25, -0.2) is 0 Å². The van der Waals surface area contributed by atoms with Crippen LogP contribution in [0.5, 0.6) is 0 Å². The molecule has 1 aliphatic carbocycles. The Labute approximate surface area is 148 Å². The Hall–Kier alpha value is -2.37. The summed E-state index contributed by atoms with van der Waals surface area (Å²) in [6.07, 6.45) is 2.19. The van der Waals surface area contributed by atoms with Crippen LogP contribution in [-0.2, 0) is 14.4 Å². The molecule has 1 saturated carbocycles. The number of hydrogen-bond donors (Lipinski definition) is 2. The van der Waals surface area contributed by atoms with Crippen LogP contribution in [-0.4, -0.2) is 36.3 Å². The highest BCUT2D eigenvalue weighted by Gasteiger charge is 2.37. The van der Waals surface area contributed by atoms with E-state index in [9.17, 15) is 14.4 Å². The SMILES string of the molecule is CC(C)[C@@H](NC(=O)C1CC(=O)N(c2ccccc2)C1)C(=O)NC1CC1. The summed E-state index contributed by atoms with van der Waals surface area (Å²) in [5.41, 5.74) is 0.801. The molecule has 2 N–H and O–H groups in total. The van der Waals surface area contributed by atoms with E-state index in [0.717, 1.165) is 18.5 Å². The van der Waals surface area contributed by atoms with Crippen LogP contribution >= 0.6 is 0 Å².